The Labute approximate surface area is 166 Å². The van der Waals surface area contributed by atoms with Gasteiger partial charge in [0.2, 0.25) is 0 Å². The molecule has 0 fully saturated rings. The van der Waals surface area contributed by atoms with Crippen molar-refractivity contribution in [1.82, 2.24) is 15.1 Å². The van der Waals surface area contributed by atoms with Crippen LogP contribution in [-0.2, 0) is 13.6 Å². The number of nitrogens with zero attached hydrogens (tertiary/aromatic N) is 2. The number of halogens is 1. The molecule has 0 atom stereocenters. The van der Waals surface area contributed by atoms with Crippen molar-refractivity contribution in [1.29, 1.82) is 0 Å². The van der Waals surface area contributed by atoms with E-state index in [2.05, 4.69) is 29.2 Å². The summed E-state index contributed by atoms with van der Waals surface area (Å²) in [6, 6.07) is 6.57. The van der Waals surface area contributed by atoms with Gasteiger partial charge in [0.25, 0.3) is 5.91 Å². The fourth-order valence-corrected chi connectivity index (χ4v) is 2.79. The first-order valence-corrected chi connectivity index (χ1v) is 9.67. The van der Waals surface area contributed by atoms with E-state index >= 15 is 0 Å². The normalized spacial score (nSPS) is 10.3. The van der Waals surface area contributed by atoms with E-state index in [4.69, 9.17) is 4.74 Å². The molecule has 28 heavy (non-hydrogen) atoms. The van der Waals surface area contributed by atoms with Crippen molar-refractivity contribution in [3.8, 4) is 17.6 Å². The second-order valence-electron chi connectivity index (χ2n) is 6.66. The standard InChI is InChI=1S/C22H28FN3O2/c1-4-5-6-7-8-9-10-14-28-20-13-11-12-18(21(20)23)16-24-22(27)19-15-17(2)25-26(19)3/h11-13,15H,4-8,14,16H2,1-3H3,(H,24,27). The zero-order valence-electron chi connectivity index (χ0n) is 16.8. The summed E-state index contributed by atoms with van der Waals surface area (Å²) in [5.41, 5.74) is 1.54. The van der Waals surface area contributed by atoms with Gasteiger partial charge in [0.05, 0.1) is 5.69 Å². The lowest BCUT2D eigenvalue weighted by atomic mass is 10.2. The van der Waals surface area contributed by atoms with Gasteiger partial charge in [0, 0.05) is 25.6 Å². The fourth-order valence-electron chi connectivity index (χ4n) is 2.79. The lowest BCUT2D eigenvalue weighted by Crippen LogP contribution is -2.25. The highest BCUT2D eigenvalue weighted by atomic mass is 19.1. The SMILES string of the molecule is CCCCCCC#CCOc1cccc(CNC(=O)c2cc(C)nn2C)c1F. The van der Waals surface area contributed by atoms with Crippen molar-refractivity contribution in [2.45, 2.75) is 52.5 Å². The first kappa shape index (κ1) is 21.5. The third-order valence-electron chi connectivity index (χ3n) is 4.30. The topological polar surface area (TPSA) is 56.1 Å². The molecule has 0 aliphatic heterocycles. The molecule has 150 valence electrons. The van der Waals surface area contributed by atoms with Crippen LogP contribution < -0.4 is 10.1 Å². The molecule has 0 saturated heterocycles. The minimum Gasteiger partial charge on any atom is -0.478 e. The summed E-state index contributed by atoms with van der Waals surface area (Å²) in [5.74, 6) is 5.33. The van der Waals surface area contributed by atoms with E-state index in [-0.39, 0.29) is 24.8 Å². The van der Waals surface area contributed by atoms with E-state index in [9.17, 15) is 9.18 Å². The molecule has 1 N–H and O–H groups in total. The zero-order valence-corrected chi connectivity index (χ0v) is 16.8. The van der Waals surface area contributed by atoms with Gasteiger partial charge >= 0.3 is 0 Å². The number of amides is 1. The quantitative estimate of drug-likeness (QED) is 0.521. The number of aromatic nitrogens is 2. The number of hydrogen-bond donors (Lipinski definition) is 1. The summed E-state index contributed by atoms with van der Waals surface area (Å²) in [7, 11) is 1.70. The van der Waals surface area contributed by atoms with Crippen LogP contribution >= 0.6 is 0 Å². The third-order valence-corrected chi connectivity index (χ3v) is 4.30. The van der Waals surface area contributed by atoms with Crippen molar-refractivity contribution in [2.75, 3.05) is 6.61 Å². The van der Waals surface area contributed by atoms with Crippen LogP contribution in [0.5, 0.6) is 5.75 Å². The second-order valence-corrected chi connectivity index (χ2v) is 6.66. The molecule has 2 aromatic rings. The monoisotopic (exact) mass is 385 g/mol. The van der Waals surface area contributed by atoms with Crippen LogP contribution in [0, 0.1) is 24.6 Å². The minimum absolute atomic E-state index is 0.0647. The molecule has 1 aromatic carbocycles. The summed E-state index contributed by atoms with van der Waals surface area (Å²) in [6.07, 6.45) is 5.54. The summed E-state index contributed by atoms with van der Waals surface area (Å²) in [4.78, 5) is 12.2. The number of rotatable bonds is 9. The lowest BCUT2D eigenvalue weighted by molar-refractivity contribution is 0.0941. The van der Waals surface area contributed by atoms with Crippen LogP contribution in [0.4, 0.5) is 4.39 Å². The van der Waals surface area contributed by atoms with Crippen LogP contribution in [0.2, 0.25) is 0 Å². The Kier molecular flexibility index (Phi) is 8.54. The zero-order chi connectivity index (χ0) is 20.4. The first-order valence-electron chi connectivity index (χ1n) is 9.67. The van der Waals surface area contributed by atoms with Gasteiger partial charge in [-0.2, -0.15) is 5.10 Å². The molecule has 0 aliphatic rings. The van der Waals surface area contributed by atoms with Crippen molar-refractivity contribution < 1.29 is 13.9 Å². The van der Waals surface area contributed by atoms with Crippen LogP contribution in [0.3, 0.4) is 0 Å². The maximum absolute atomic E-state index is 14.6. The molecule has 5 nitrogen and oxygen atoms in total. The molecule has 0 unspecified atom stereocenters. The highest BCUT2D eigenvalue weighted by molar-refractivity contribution is 5.92. The van der Waals surface area contributed by atoms with E-state index < -0.39 is 5.82 Å². The van der Waals surface area contributed by atoms with Gasteiger partial charge in [-0.1, -0.05) is 50.2 Å². The van der Waals surface area contributed by atoms with Gasteiger partial charge in [-0.25, -0.2) is 4.39 Å². The number of carbonyl (C=O) groups is 1. The van der Waals surface area contributed by atoms with Crippen molar-refractivity contribution >= 4 is 5.91 Å². The molecule has 1 amide bonds. The highest BCUT2D eigenvalue weighted by Gasteiger charge is 2.14. The average molecular weight is 385 g/mol. The number of hydrogen-bond acceptors (Lipinski definition) is 3. The lowest BCUT2D eigenvalue weighted by Gasteiger charge is -2.09. The van der Waals surface area contributed by atoms with Gasteiger partial charge in [0.15, 0.2) is 11.6 Å². The van der Waals surface area contributed by atoms with Crippen LogP contribution in [-0.4, -0.2) is 22.3 Å². The maximum Gasteiger partial charge on any atom is 0.269 e. The molecule has 0 spiro atoms. The summed E-state index contributed by atoms with van der Waals surface area (Å²) in [5, 5.41) is 6.85. The molecule has 0 saturated carbocycles. The molecule has 6 heteroatoms. The Morgan fingerprint density at radius 3 is 2.82 bits per heavy atom. The summed E-state index contributed by atoms with van der Waals surface area (Å²) >= 11 is 0. The Hall–Kier alpha value is -2.81. The van der Waals surface area contributed by atoms with E-state index in [1.807, 2.05) is 6.92 Å². The van der Waals surface area contributed by atoms with E-state index in [1.54, 1.807) is 31.3 Å². The van der Waals surface area contributed by atoms with Gasteiger partial charge in [-0.15, -0.1) is 0 Å². The predicted octanol–water partition coefficient (Wildman–Crippen LogP) is 4.15. The summed E-state index contributed by atoms with van der Waals surface area (Å²) in [6.45, 7) is 4.20. The Bertz CT molecular complexity index is 849. The molecular weight excluding hydrogens is 357 g/mol. The van der Waals surface area contributed by atoms with E-state index in [1.165, 1.54) is 23.9 Å². The Morgan fingerprint density at radius 2 is 2.11 bits per heavy atom. The predicted molar refractivity (Wildman–Crippen MR) is 108 cm³/mol. The second kappa shape index (κ2) is 11.1. The smallest absolute Gasteiger partial charge is 0.269 e. The number of nitrogens with one attached hydrogen (secondary N) is 1. The van der Waals surface area contributed by atoms with Gasteiger partial charge < -0.3 is 10.1 Å². The van der Waals surface area contributed by atoms with Crippen molar-refractivity contribution in [3.63, 3.8) is 0 Å². The molecule has 1 heterocycles. The minimum atomic E-state index is -0.478. The first-order chi connectivity index (χ1) is 13.5. The van der Waals surface area contributed by atoms with E-state index in [0.717, 1.165) is 18.5 Å². The van der Waals surface area contributed by atoms with Crippen LogP contribution in [0.15, 0.2) is 24.3 Å². The molecule has 0 radical (unpaired) electrons. The Balaban J connectivity index is 1.86. The van der Waals surface area contributed by atoms with Gasteiger partial charge in [0.1, 0.15) is 12.3 Å². The molecule has 2 rings (SSSR count). The van der Waals surface area contributed by atoms with Crippen molar-refractivity contribution in [3.05, 3.63) is 47.0 Å². The van der Waals surface area contributed by atoms with Crippen molar-refractivity contribution in [2.24, 2.45) is 7.05 Å². The number of aryl methyl sites for hydroxylation is 2. The van der Waals surface area contributed by atoms with Gasteiger partial charge in [-0.3, -0.25) is 9.48 Å². The largest absolute Gasteiger partial charge is 0.478 e. The molecule has 1 aromatic heterocycles. The van der Waals surface area contributed by atoms with Gasteiger partial charge in [-0.05, 0) is 25.5 Å². The fraction of sp³-hybridized carbons (Fsp3) is 0.455. The number of unbranched alkanes of at least 4 members (excludes halogenated alkanes) is 4. The highest BCUT2D eigenvalue weighted by Crippen LogP contribution is 2.20. The average Bonchev–Trinajstić information content (AvgIpc) is 3.02. The molecule has 0 aliphatic carbocycles. The molecular formula is C22H28FN3O2. The number of carbonyl (C=O) groups excluding carboxylic acids is 1. The third kappa shape index (κ3) is 6.41. The maximum atomic E-state index is 14.6. The van der Waals surface area contributed by atoms with Crippen LogP contribution in [0.25, 0.3) is 0 Å². The summed E-state index contributed by atoms with van der Waals surface area (Å²) < 4.78 is 21.5. The van der Waals surface area contributed by atoms with E-state index in [0.29, 0.717) is 11.3 Å². The Morgan fingerprint density at radius 1 is 1.29 bits per heavy atom. The van der Waals surface area contributed by atoms with Crippen LogP contribution in [0.1, 0.15) is 60.8 Å². The number of ether oxygens (including phenoxy) is 1. The number of benzene rings is 1. The molecule has 0 bridgehead atoms.